The van der Waals surface area contributed by atoms with E-state index in [4.69, 9.17) is 0 Å². The van der Waals surface area contributed by atoms with Crippen molar-refractivity contribution >= 4 is 0 Å². The summed E-state index contributed by atoms with van der Waals surface area (Å²) in [5, 5.41) is 3.87. The van der Waals surface area contributed by atoms with Crippen LogP contribution in [-0.4, -0.2) is 12.6 Å². The maximum atomic E-state index is 3.87. The first-order valence-corrected chi connectivity index (χ1v) is 9.14. The number of likely N-dealkylation sites (N-methyl/N-ethyl adjacent to an activating group) is 1. The lowest BCUT2D eigenvalue weighted by molar-refractivity contribution is 0.199. The molecule has 1 N–H and O–H groups in total. The van der Waals surface area contributed by atoms with Crippen LogP contribution in [0.25, 0.3) is 0 Å². The monoisotopic (exact) mass is 285 g/mol. The molecule has 0 aromatic heterocycles. The first-order valence-electron chi connectivity index (χ1n) is 9.14. The van der Waals surface area contributed by atoms with E-state index in [0.29, 0.717) is 6.04 Å². The molecule has 0 aliphatic heterocycles. The lowest BCUT2D eigenvalue weighted by Gasteiger charge is -2.37. The molecular formula is C20H31N. The van der Waals surface area contributed by atoms with Crippen molar-refractivity contribution in [3.63, 3.8) is 0 Å². The summed E-state index contributed by atoms with van der Waals surface area (Å²) in [6.45, 7) is 5.74. The Morgan fingerprint density at radius 2 is 1.81 bits per heavy atom. The van der Waals surface area contributed by atoms with Gasteiger partial charge in [-0.15, -0.1) is 0 Å². The molecule has 0 heterocycles. The van der Waals surface area contributed by atoms with Gasteiger partial charge in [0.25, 0.3) is 0 Å². The summed E-state index contributed by atoms with van der Waals surface area (Å²) in [7, 11) is 0. The van der Waals surface area contributed by atoms with E-state index in [0.717, 1.165) is 24.3 Å². The predicted molar refractivity (Wildman–Crippen MR) is 90.7 cm³/mol. The fourth-order valence-corrected chi connectivity index (χ4v) is 4.79. The molecule has 0 saturated heterocycles. The quantitative estimate of drug-likeness (QED) is 0.810. The normalized spacial score (nSPS) is 30.1. The van der Waals surface area contributed by atoms with E-state index in [2.05, 4.69) is 43.4 Å². The van der Waals surface area contributed by atoms with E-state index in [1.807, 2.05) is 0 Å². The summed E-state index contributed by atoms with van der Waals surface area (Å²) in [5.74, 6) is 2.65. The van der Waals surface area contributed by atoms with E-state index in [9.17, 15) is 0 Å². The molecule has 2 aliphatic carbocycles. The molecule has 0 spiro atoms. The van der Waals surface area contributed by atoms with Crippen LogP contribution < -0.4 is 5.32 Å². The van der Waals surface area contributed by atoms with Crippen molar-refractivity contribution in [3.8, 4) is 0 Å². The van der Waals surface area contributed by atoms with Gasteiger partial charge in [-0.05, 0) is 55.2 Å². The van der Waals surface area contributed by atoms with Crippen LogP contribution in [0.4, 0.5) is 0 Å². The maximum absolute atomic E-state index is 3.87. The number of fused-ring (bicyclic) bond motifs is 1. The average Bonchev–Trinajstić information content (AvgIpc) is 2.97. The van der Waals surface area contributed by atoms with Gasteiger partial charge in [0.05, 0.1) is 0 Å². The molecule has 2 unspecified atom stereocenters. The van der Waals surface area contributed by atoms with Crippen molar-refractivity contribution in [1.29, 1.82) is 0 Å². The van der Waals surface area contributed by atoms with E-state index in [1.54, 1.807) is 11.1 Å². The Hall–Kier alpha value is -0.820. The standard InChI is InChI=1S/C20H31N/c1-3-15-9-11-17(12-10-15)20(21-4-2)19-14-13-16-7-5-6-8-18(16)19/h5-8,15,17,19-21H,3-4,9-14H2,1-2H3. The minimum atomic E-state index is 0.705. The zero-order chi connectivity index (χ0) is 14.7. The number of rotatable bonds is 5. The number of benzene rings is 1. The van der Waals surface area contributed by atoms with E-state index in [1.165, 1.54) is 44.9 Å². The molecule has 2 aliphatic rings. The molecule has 0 bridgehead atoms. The minimum absolute atomic E-state index is 0.705. The summed E-state index contributed by atoms with van der Waals surface area (Å²) in [6, 6.07) is 9.86. The van der Waals surface area contributed by atoms with Gasteiger partial charge in [-0.2, -0.15) is 0 Å². The molecule has 1 heteroatoms. The zero-order valence-electron chi connectivity index (χ0n) is 13.8. The molecule has 1 nitrogen and oxygen atoms in total. The van der Waals surface area contributed by atoms with Gasteiger partial charge in [0.1, 0.15) is 0 Å². The molecule has 1 aromatic carbocycles. The lowest BCUT2D eigenvalue weighted by Crippen LogP contribution is -2.42. The second-order valence-electron chi connectivity index (χ2n) is 7.12. The Labute approximate surface area is 130 Å². The molecule has 3 rings (SSSR count). The Bertz CT molecular complexity index is 445. The summed E-state index contributed by atoms with van der Waals surface area (Å²) in [4.78, 5) is 0. The fourth-order valence-electron chi connectivity index (χ4n) is 4.79. The smallest absolute Gasteiger partial charge is 0.0164 e. The highest BCUT2D eigenvalue weighted by Crippen LogP contribution is 2.42. The summed E-state index contributed by atoms with van der Waals surface area (Å²) >= 11 is 0. The molecule has 116 valence electrons. The topological polar surface area (TPSA) is 12.0 Å². The number of aryl methyl sites for hydroxylation is 1. The average molecular weight is 285 g/mol. The third-order valence-electron chi connectivity index (χ3n) is 6.03. The third-order valence-corrected chi connectivity index (χ3v) is 6.03. The molecule has 1 fully saturated rings. The Morgan fingerprint density at radius 1 is 1.05 bits per heavy atom. The van der Waals surface area contributed by atoms with Crippen LogP contribution in [0.3, 0.4) is 0 Å². The first kappa shape index (κ1) is 15.1. The minimum Gasteiger partial charge on any atom is -0.313 e. The predicted octanol–water partition coefficient (Wildman–Crippen LogP) is 4.91. The Balaban J connectivity index is 1.74. The Morgan fingerprint density at radius 3 is 2.52 bits per heavy atom. The number of hydrogen-bond acceptors (Lipinski definition) is 1. The summed E-state index contributed by atoms with van der Waals surface area (Å²) < 4.78 is 0. The van der Waals surface area contributed by atoms with Crippen molar-refractivity contribution in [2.45, 2.75) is 70.8 Å². The highest BCUT2D eigenvalue weighted by Gasteiger charge is 2.35. The van der Waals surface area contributed by atoms with Crippen LogP contribution >= 0.6 is 0 Å². The van der Waals surface area contributed by atoms with E-state index >= 15 is 0 Å². The van der Waals surface area contributed by atoms with E-state index in [-0.39, 0.29) is 0 Å². The van der Waals surface area contributed by atoms with Crippen molar-refractivity contribution < 1.29 is 0 Å². The summed E-state index contributed by atoms with van der Waals surface area (Å²) in [6.07, 6.45) is 9.81. The van der Waals surface area contributed by atoms with Crippen molar-refractivity contribution in [1.82, 2.24) is 5.32 Å². The fraction of sp³-hybridized carbons (Fsp3) is 0.700. The molecule has 0 radical (unpaired) electrons. The van der Waals surface area contributed by atoms with Crippen LogP contribution in [0.5, 0.6) is 0 Å². The van der Waals surface area contributed by atoms with Crippen LogP contribution in [0.2, 0.25) is 0 Å². The SMILES string of the molecule is CCNC(C1CCC(CC)CC1)C1CCc2ccccc21. The van der Waals surface area contributed by atoms with Gasteiger partial charge in [-0.3, -0.25) is 0 Å². The molecule has 21 heavy (non-hydrogen) atoms. The number of hydrogen-bond donors (Lipinski definition) is 1. The van der Waals surface area contributed by atoms with Crippen molar-refractivity contribution in [2.75, 3.05) is 6.54 Å². The molecular weight excluding hydrogens is 254 g/mol. The molecule has 1 saturated carbocycles. The van der Waals surface area contributed by atoms with Crippen LogP contribution in [-0.2, 0) is 6.42 Å². The highest BCUT2D eigenvalue weighted by atomic mass is 14.9. The first-order chi connectivity index (χ1) is 10.3. The van der Waals surface area contributed by atoms with Gasteiger partial charge in [-0.1, -0.05) is 57.4 Å². The van der Waals surface area contributed by atoms with Crippen LogP contribution in [0.15, 0.2) is 24.3 Å². The van der Waals surface area contributed by atoms with Gasteiger partial charge < -0.3 is 5.32 Å². The Kier molecular flexibility index (Phi) is 5.00. The summed E-state index contributed by atoms with van der Waals surface area (Å²) in [5.41, 5.74) is 3.24. The second-order valence-corrected chi connectivity index (χ2v) is 7.12. The molecule has 2 atom stereocenters. The van der Waals surface area contributed by atoms with Gasteiger partial charge in [0.15, 0.2) is 0 Å². The molecule has 0 amide bonds. The lowest BCUT2D eigenvalue weighted by atomic mass is 9.73. The van der Waals surface area contributed by atoms with Gasteiger partial charge >= 0.3 is 0 Å². The maximum Gasteiger partial charge on any atom is 0.0164 e. The molecule has 1 aromatic rings. The van der Waals surface area contributed by atoms with E-state index < -0.39 is 0 Å². The van der Waals surface area contributed by atoms with Crippen LogP contribution in [0, 0.1) is 11.8 Å². The van der Waals surface area contributed by atoms with Gasteiger partial charge in [0.2, 0.25) is 0 Å². The third kappa shape index (κ3) is 3.18. The highest BCUT2D eigenvalue weighted by molar-refractivity contribution is 5.36. The second kappa shape index (κ2) is 6.96. The van der Waals surface area contributed by atoms with Crippen molar-refractivity contribution in [3.05, 3.63) is 35.4 Å². The van der Waals surface area contributed by atoms with Crippen molar-refractivity contribution in [2.24, 2.45) is 11.8 Å². The zero-order valence-corrected chi connectivity index (χ0v) is 13.8. The van der Waals surface area contributed by atoms with Crippen LogP contribution in [0.1, 0.15) is 69.4 Å². The largest absolute Gasteiger partial charge is 0.313 e. The number of nitrogens with one attached hydrogen (secondary N) is 1. The van der Waals surface area contributed by atoms with Gasteiger partial charge in [0, 0.05) is 12.0 Å². The van der Waals surface area contributed by atoms with Gasteiger partial charge in [-0.25, -0.2) is 0 Å².